The third kappa shape index (κ3) is 3.13. The van der Waals surface area contributed by atoms with E-state index in [4.69, 9.17) is 10.5 Å². The summed E-state index contributed by atoms with van der Waals surface area (Å²) < 4.78 is 33.7. The number of hydrogen-bond donors (Lipinski definition) is 1. The molecule has 4 rings (SSSR count). The number of aromatic nitrogens is 4. The van der Waals surface area contributed by atoms with Crippen molar-refractivity contribution < 1.29 is 13.5 Å². The third-order valence-corrected chi connectivity index (χ3v) is 4.78. The molecule has 0 atom stereocenters. The zero-order valence-electron chi connectivity index (χ0n) is 14.1. The number of ether oxygens (including phenoxy) is 1. The number of nitrogens with zero attached hydrogens (tertiary/aromatic N) is 4. The lowest BCUT2D eigenvalue weighted by Crippen LogP contribution is -2.05. The van der Waals surface area contributed by atoms with Crippen LogP contribution in [0.25, 0.3) is 27.6 Å². The average molecular weight is 385 g/mol. The predicted molar refractivity (Wildman–Crippen MR) is 98.8 cm³/mol. The Hall–Kier alpha value is -3.33. The van der Waals surface area contributed by atoms with Crippen molar-refractivity contribution in [3.8, 4) is 33.4 Å². The van der Waals surface area contributed by atoms with Crippen molar-refractivity contribution in [3.63, 3.8) is 0 Å². The second-order valence-electron chi connectivity index (χ2n) is 5.60. The van der Waals surface area contributed by atoms with Crippen molar-refractivity contribution in [1.29, 1.82) is 0 Å². The number of rotatable bonds is 4. The van der Waals surface area contributed by atoms with Crippen LogP contribution in [-0.2, 0) is 0 Å². The van der Waals surface area contributed by atoms with Gasteiger partial charge in [0.2, 0.25) is 0 Å². The van der Waals surface area contributed by atoms with E-state index in [1.165, 1.54) is 11.3 Å². The van der Waals surface area contributed by atoms with E-state index in [0.717, 1.165) is 39.9 Å². The first-order valence-electron chi connectivity index (χ1n) is 7.83. The lowest BCUT2D eigenvalue weighted by Gasteiger charge is -2.04. The summed E-state index contributed by atoms with van der Waals surface area (Å²) in [5, 5.41) is 10.2. The van der Waals surface area contributed by atoms with Crippen molar-refractivity contribution in [1.82, 2.24) is 20.0 Å². The van der Waals surface area contributed by atoms with Gasteiger partial charge in [-0.05, 0) is 36.4 Å². The Labute approximate surface area is 156 Å². The van der Waals surface area contributed by atoms with E-state index in [0.29, 0.717) is 10.7 Å². The summed E-state index contributed by atoms with van der Waals surface area (Å²) in [6.07, 6.45) is 0. The summed E-state index contributed by atoms with van der Waals surface area (Å²) in [6.45, 7) is 0. The second-order valence-corrected chi connectivity index (χ2v) is 6.46. The molecule has 0 aliphatic carbocycles. The highest BCUT2D eigenvalue weighted by Gasteiger charge is 2.19. The summed E-state index contributed by atoms with van der Waals surface area (Å²) in [6, 6.07) is 10.5. The first-order valence-corrected chi connectivity index (χ1v) is 8.71. The van der Waals surface area contributed by atoms with Crippen LogP contribution in [0.2, 0.25) is 0 Å². The zero-order valence-corrected chi connectivity index (χ0v) is 14.9. The van der Waals surface area contributed by atoms with Gasteiger partial charge in [0, 0.05) is 17.0 Å². The van der Waals surface area contributed by atoms with Crippen molar-refractivity contribution in [3.05, 3.63) is 59.5 Å². The minimum atomic E-state index is -0.655. The summed E-state index contributed by atoms with van der Waals surface area (Å²) in [5.74, 6) is -0.426. The molecule has 2 heterocycles. The van der Waals surface area contributed by atoms with Gasteiger partial charge in [0.15, 0.2) is 11.5 Å². The number of anilines is 1. The Kier molecular flexibility index (Phi) is 4.28. The van der Waals surface area contributed by atoms with Gasteiger partial charge in [-0.3, -0.25) is 0 Å². The van der Waals surface area contributed by atoms with Gasteiger partial charge >= 0.3 is 0 Å². The van der Waals surface area contributed by atoms with E-state index in [2.05, 4.69) is 15.3 Å². The quantitative estimate of drug-likeness (QED) is 0.576. The normalized spacial score (nSPS) is 10.9. The molecule has 0 amide bonds. The SMILES string of the molecule is COc1ccc(-c2csc(-c3nnn(-c4cc(F)ccc4F)c3N)n2)cc1. The highest BCUT2D eigenvalue weighted by atomic mass is 32.1. The van der Waals surface area contributed by atoms with Crippen molar-refractivity contribution >= 4 is 17.2 Å². The fraction of sp³-hybridized carbons (Fsp3) is 0.0556. The second kappa shape index (κ2) is 6.76. The Morgan fingerprint density at radius 3 is 2.63 bits per heavy atom. The Bertz CT molecular complexity index is 1110. The number of benzene rings is 2. The zero-order chi connectivity index (χ0) is 19.0. The molecule has 0 spiro atoms. The van der Waals surface area contributed by atoms with Gasteiger partial charge in [-0.25, -0.2) is 13.8 Å². The molecule has 0 saturated carbocycles. The standard InChI is InChI=1S/C18H13F2N5OS/c1-26-12-5-2-10(3-6-12)14-9-27-18(22-14)16-17(21)25(24-23-16)15-8-11(19)4-7-13(15)20/h2-9H,21H2,1H3. The van der Waals surface area contributed by atoms with Crippen LogP contribution < -0.4 is 10.5 Å². The van der Waals surface area contributed by atoms with Crippen LogP contribution in [0.4, 0.5) is 14.6 Å². The van der Waals surface area contributed by atoms with Crippen LogP contribution in [0.15, 0.2) is 47.8 Å². The fourth-order valence-corrected chi connectivity index (χ4v) is 3.36. The number of nitrogens with two attached hydrogens (primary N) is 1. The maximum atomic E-state index is 14.0. The maximum absolute atomic E-state index is 14.0. The van der Waals surface area contributed by atoms with E-state index >= 15 is 0 Å². The lowest BCUT2D eigenvalue weighted by molar-refractivity contribution is 0.415. The van der Waals surface area contributed by atoms with Crippen LogP contribution in [0.5, 0.6) is 5.75 Å². The summed E-state index contributed by atoms with van der Waals surface area (Å²) in [7, 11) is 1.60. The van der Waals surface area contributed by atoms with Crippen LogP contribution >= 0.6 is 11.3 Å². The van der Waals surface area contributed by atoms with Crippen LogP contribution in [0.3, 0.4) is 0 Å². The van der Waals surface area contributed by atoms with E-state index in [1.807, 2.05) is 29.6 Å². The molecule has 27 heavy (non-hydrogen) atoms. The molecule has 0 aliphatic heterocycles. The van der Waals surface area contributed by atoms with Crippen molar-refractivity contribution in [2.45, 2.75) is 0 Å². The highest BCUT2D eigenvalue weighted by Crippen LogP contribution is 2.32. The summed E-state index contributed by atoms with van der Waals surface area (Å²) in [5.41, 5.74) is 7.91. The molecular weight excluding hydrogens is 372 g/mol. The Balaban J connectivity index is 1.70. The Morgan fingerprint density at radius 2 is 1.89 bits per heavy atom. The van der Waals surface area contributed by atoms with E-state index in [-0.39, 0.29) is 11.5 Å². The molecule has 6 nitrogen and oxygen atoms in total. The molecule has 2 aromatic carbocycles. The maximum Gasteiger partial charge on any atom is 0.165 e. The molecule has 0 saturated heterocycles. The molecule has 0 radical (unpaired) electrons. The van der Waals surface area contributed by atoms with Gasteiger partial charge in [0.25, 0.3) is 0 Å². The first-order chi connectivity index (χ1) is 13.1. The molecule has 0 aliphatic rings. The van der Waals surface area contributed by atoms with Crippen molar-refractivity contribution in [2.24, 2.45) is 0 Å². The lowest BCUT2D eigenvalue weighted by atomic mass is 10.2. The molecule has 0 fully saturated rings. The van der Waals surface area contributed by atoms with Gasteiger partial charge in [-0.15, -0.1) is 16.4 Å². The monoisotopic (exact) mass is 385 g/mol. The van der Waals surface area contributed by atoms with Gasteiger partial charge < -0.3 is 10.5 Å². The average Bonchev–Trinajstić information content (AvgIpc) is 3.30. The predicted octanol–water partition coefficient (Wildman–Crippen LogP) is 3.93. The third-order valence-electron chi connectivity index (χ3n) is 3.93. The number of halogens is 2. The largest absolute Gasteiger partial charge is 0.497 e. The first kappa shape index (κ1) is 17.1. The summed E-state index contributed by atoms with van der Waals surface area (Å²) >= 11 is 1.33. The number of hydrogen-bond acceptors (Lipinski definition) is 6. The van der Waals surface area contributed by atoms with Crippen molar-refractivity contribution in [2.75, 3.05) is 12.8 Å². The molecule has 136 valence electrons. The highest BCUT2D eigenvalue weighted by molar-refractivity contribution is 7.13. The molecular formula is C18H13F2N5OS. The minimum Gasteiger partial charge on any atom is -0.497 e. The van der Waals surface area contributed by atoms with E-state index < -0.39 is 11.6 Å². The number of nitrogen functional groups attached to an aromatic ring is 1. The molecule has 0 bridgehead atoms. The molecule has 0 unspecified atom stereocenters. The van der Waals surface area contributed by atoms with Gasteiger partial charge in [-0.1, -0.05) is 5.21 Å². The van der Waals surface area contributed by atoms with Gasteiger partial charge in [0.05, 0.1) is 12.8 Å². The molecule has 2 aromatic heterocycles. The van der Waals surface area contributed by atoms with Gasteiger partial charge in [0.1, 0.15) is 28.1 Å². The van der Waals surface area contributed by atoms with E-state index in [9.17, 15) is 8.78 Å². The smallest absolute Gasteiger partial charge is 0.165 e. The van der Waals surface area contributed by atoms with Crippen LogP contribution in [-0.4, -0.2) is 27.1 Å². The number of methoxy groups -OCH3 is 1. The molecule has 4 aromatic rings. The van der Waals surface area contributed by atoms with Gasteiger partial charge in [-0.2, -0.15) is 4.68 Å². The fourth-order valence-electron chi connectivity index (χ4n) is 2.54. The van der Waals surface area contributed by atoms with E-state index in [1.54, 1.807) is 7.11 Å². The molecule has 9 heteroatoms. The molecule has 2 N–H and O–H groups in total. The number of thiazole rings is 1. The van der Waals surface area contributed by atoms with Crippen LogP contribution in [0, 0.1) is 11.6 Å². The minimum absolute atomic E-state index is 0.0788. The van der Waals surface area contributed by atoms with Crippen LogP contribution in [0.1, 0.15) is 0 Å². The topological polar surface area (TPSA) is 78.9 Å². The summed E-state index contributed by atoms with van der Waals surface area (Å²) in [4.78, 5) is 4.53. The Morgan fingerprint density at radius 1 is 1.11 bits per heavy atom.